The lowest BCUT2D eigenvalue weighted by atomic mass is 9.84. The first kappa shape index (κ1) is 20.4. The van der Waals surface area contributed by atoms with Crippen LogP contribution in [0.25, 0.3) is 5.57 Å². The highest BCUT2D eigenvalue weighted by atomic mass is 16.5. The molecular weight excluding hydrogens is 358 g/mol. The van der Waals surface area contributed by atoms with Crippen LogP contribution in [0.3, 0.4) is 0 Å². The Morgan fingerprint density at radius 2 is 1.89 bits per heavy atom. The molecular formula is C20H32N5O3+. The first-order valence-electron chi connectivity index (χ1n) is 9.85. The number of carbonyl (C=O) groups is 2. The summed E-state index contributed by atoms with van der Waals surface area (Å²) < 4.78 is 6.34. The van der Waals surface area contributed by atoms with Crippen LogP contribution in [0.15, 0.2) is 12.4 Å². The van der Waals surface area contributed by atoms with Gasteiger partial charge in [-0.1, -0.05) is 13.8 Å². The lowest BCUT2D eigenvalue weighted by Gasteiger charge is -2.41. The molecule has 154 valence electrons. The Kier molecular flexibility index (Phi) is 5.27. The summed E-state index contributed by atoms with van der Waals surface area (Å²) in [7, 11) is 4.35. The minimum Gasteiger partial charge on any atom is -0.459 e. The SMILES string of the molecule is CC(C)OC(=O)C1=CN(C(=O)N2CC[N+](C)(C)CC2)CC(C)(C)c2cn[nH]c21. The highest BCUT2D eigenvalue weighted by Gasteiger charge is 2.38. The topological polar surface area (TPSA) is 78.5 Å². The van der Waals surface area contributed by atoms with Crippen LogP contribution in [-0.2, 0) is 14.9 Å². The Morgan fingerprint density at radius 3 is 2.50 bits per heavy atom. The third-order valence-corrected chi connectivity index (χ3v) is 5.52. The van der Waals surface area contributed by atoms with Gasteiger partial charge in [0.1, 0.15) is 5.57 Å². The van der Waals surface area contributed by atoms with Crippen LogP contribution in [0.4, 0.5) is 4.79 Å². The van der Waals surface area contributed by atoms with Gasteiger partial charge >= 0.3 is 12.0 Å². The largest absolute Gasteiger partial charge is 0.459 e. The summed E-state index contributed by atoms with van der Waals surface area (Å²) in [5.74, 6) is -0.451. The van der Waals surface area contributed by atoms with Gasteiger partial charge in [0.25, 0.3) is 0 Å². The molecule has 1 N–H and O–H groups in total. The normalized spacial score (nSPS) is 21.0. The van der Waals surface area contributed by atoms with Gasteiger partial charge in [-0.05, 0) is 13.8 Å². The van der Waals surface area contributed by atoms with E-state index in [1.54, 1.807) is 17.3 Å². The molecule has 0 spiro atoms. The smallest absolute Gasteiger partial charge is 0.342 e. The quantitative estimate of drug-likeness (QED) is 0.617. The van der Waals surface area contributed by atoms with E-state index < -0.39 is 5.97 Å². The van der Waals surface area contributed by atoms with E-state index in [2.05, 4.69) is 38.1 Å². The predicted octanol–water partition coefficient (Wildman–Crippen LogP) is 1.81. The fraction of sp³-hybridized carbons (Fsp3) is 0.650. The van der Waals surface area contributed by atoms with Crippen molar-refractivity contribution >= 4 is 17.6 Å². The zero-order chi connectivity index (χ0) is 20.7. The van der Waals surface area contributed by atoms with Crippen molar-refractivity contribution in [2.75, 3.05) is 46.8 Å². The van der Waals surface area contributed by atoms with Crippen LogP contribution in [-0.4, -0.2) is 89.4 Å². The van der Waals surface area contributed by atoms with Crippen molar-refractivity contribution in [3.05, 3.63) is 23.7 Å². The Balaban J connectivity index is 1.93. The van der Waals surface area contributed by atoms with Crippen molar-refractivity contribution < 1.29 is 18.8 Å². The van der Waals surface area contributed by atoms with Gasteiger partial charge < -0.3 is 14.1 Å². The van der Waals surface area contributed by atoms with E-state index in [0.717, 1.165) is 23.1 Å². The number of piperazine rings is 1. The van der Waals surface area contributed by atoms with Gasteiger partial charge in [0.15, 0.2) is 0 Å². The lowest BCUT2D eigenvalue weighted by Crippen LogP contribution is -2.58. The molecule has 1 fully saturated rings. The number of H-pyrrole nitrogens is 1. The number of hydrogen-bond donors (Lipinski definition) is 1. The van der Waals surface area contributed by atoms with Gasteiger partial charge in [-0.3, -0.25) is 10.00 Å². The summed E-state index contributed by atoms with van der Waals surface area (Å²) in [6.45, 7) is 11.4. The molecule has 3 rings (SSSR count). The van der Waals surface area contributed by atoms with Crippen LogP contribution in [0.5, 0.6) is 0 Å². The second-order valence-corrected chi connectivity index (χ2v) is 9.32. The number of nitrogens with one attached hydrogen (secondary N) is 1. The third kappa shape index (κ3) is 4.06. The number of rotatable bonds is 2. The van der Waals surface area contributed by atoms with Gasteiger partial charge in [-0.25, -0.2) is 9.59 Å². The molecule has 1 aromatic heterocycles. The summed E-state index contributed by atoms with van der Waals surface area (Å²) in [5, 5.41) is 7.07. The first-order chi connectivity index (χ1) is 13.0. The van der Waals surface area contributed by atoms with Crippen LogP contribution in [0.1, 0.15) is 39.0 Å². The number of nitrogens with zero attached hydrogens (tertiary/aromatic N) is 4. The number of esters is 1. The average molecular weight is 391 g/mol. The molecule has 28 heavy (non-hydrogen) atoms. The van der Waals surface area contributed by atoms with Crippen LogP contribution in [0.2, 0.25) is 0 Å². The Labute approximate surface area is 166 Å². The average Bonchev–Trinajstić information content (AvgIpc) is 3.03. The highest BCUT2D eigenvalue weighted by Crippen LogP contribution is 2.34. The molecule has 0 unspecified atom stereocenters. The minimum atomic E-state index is -0.451. The molecule has 1 saturated heterocycles. The van der Waals surface area contributed by atoms with E-state index in [-0.39, 0.29) is 17.6 Å². The summed E-state index contributed by atoms with van der Waals surface area (Å²) in [6, 6.07) is -0.0688. The molecule has 0 radical (unpaired) electrons. The van der Waals surface area contributed by atoms with E-state index in [4.69, 9.17) is 4.74 Å². The molecule has 0 aliphatic carbocycles. The van der Waals surface area contributed by atoms with E-state index in [1.807, 2.05) is 18.7 Å². The van der Waals surface area contributed by atoms with E-state index in [1.165, 1.54) is 0 Å². The zero-order valence-electron chi connectivity index (χ0n) is 17.8. The number of hydrogen-bond acceptors (Lipinski definition) is 4. The maximum atomic E-state index is 13.3. The molecule has 8 nitrogen and oxygen atoms in total. The highest BCUT2D eigenvalue weighted by molar-refractivity contribution is 6.16. The number of carbonyl (C=O) groups excluding carboxylic acids is 2. The third-order valence-electron chi connectivity index (χ3n) is 5.52. The van der Waals surface area contributed by atoms with Gasteiger partial charge in [-0.15, -0.1) is 0 Å². The number of ether oxygens (including phenoxy) is 1. The van der Waals surface area contributed by atoms with Crippen molar-refractivity contribution in [3.63, 3.8) is 0 Å². The maximum absolute atomic E-state index is 13.3. The lowest BCUT2D eigenvalue weighted by molar-refractivity contribution is -0.894. The van der Waals surface area contributed by atoms with Crippen molar-refractivity contribution in [2.24, 2.45) is 0 Å². The summed E-state index contributed by atoms with van der Waals surface area (Å²) in [5.41, 5.74) is 1.52. The van der Waals surface area contributed by atoms with Gasteiger partial charge in [0.2, 0.25) is 0 Å². The second-order valence-electron chi connectivity index (χ2n) is 9.32. The Morgan fingerprint density at radius 1 is 1.25 bits per heavy atom. The molecule has 0 bridgehead atoms. The van der Waals surface area contributed by atoms with E-state index >= 15 is 0 Å². The summed E-state index contributed by atoms with van der Waals surface area (Å²) in [6.07, 6.45) is 3.12. The Hall–Kier alpha value is -2.35. The molecule has 0 atom stereocenters. The second kappa shape index (κ2) is 7.24. The predicted molar refractivity (Wildman–Crippen MR) is 106 cm³/mol. The minimum absolute atomic E-state index is 0.0688. The fourth-order valence-electron chi connectivity index (χ4n) is 3.72. The van der Waals surface area contributed by atoms with Crippen LogP contribution < -0.4 is 0 Å². The van der Waals surface area contributed by atoms with Crippen molar-refractivity contribution in [2.45, 2.75) is 39.2 Å². The monoisotopic (exact) mass is 390 g/mol. The molecule has 3 heterocycles. The molecule has 2 amide bonds. The number of urea groups is 1. The van der Waals surface area contributed by atoms with Gasteiger partial charge in [-0.2, -0.15) is 5.10 Å². The zero-order valence-corrected chi connectivity index (χ0v) is 17.8. The number of aromatic amines is 1. The molecule has 1 aromatic rings. The van der Waals surface area contributed by atoms with E-state index in [9.17, 15) is 9.59 Å². The number of likely N-dealkylation sites (N-methyl/N-ethyl adjacent to an activating group) is 1. The molecule has 2 aliphatic heterocycles. The van der Waals surface area contributed by atoms with Crippen LogP contribution in [0, 0.1) is 0 Å². The van der Waals surface area contributed by atoms with Crippen molar-refractivity contribution in [1.82, 2.24) is 20.0 Å². The standard InChI is InChI=1S/C20H32N5O3/c1-14(2)28-18(26)15-12-24(13-20(3,4)16-11-21-22-17(15)16)19(27)23-7-9-25(5,6)10-8-23/h11-12,14H,7-10,13H2,1-6H3,(H,21,22)/q+1. The number of amides is 2. The molecule has 0 aromatic carbocycles. The van der Waals surface area contributed by atoms with Gasteiger partial charge in [0.05, 0.1) is 58.3 Å². The number of fused-ring (bicyclic) bond motifs is 1. The Bertz CT molecular complexity index is 784. The molecule has 0 saturated carbocycles. The molecule has 2 aliphatic rings. The van der Waals surface area contributed by atoms with Crippen molar-refractivity contribution in [1.29, 1.82) is 0 Å². The maximum Gasteiger partial charge on any atom is 0.342 e. The van der Waals surface area contributed by atoms with Crippen molar-refractivity contribution in [3.8, 4) is 0 Å². The number of aromatic nitrogens is 2. The van der Waals surface area contributed by atoms with Crippen LogP contribution >= 0.6 is 0 Å². The van der Waals surface area contributed by atoms with E-state index in [0.29, 0.717) is 30.9 Å². The first-order valence-corrected chi connectivity index (χ1v) is 9.85. The fourth-order valence-corrected chi connectivity index (χ4v) is 3.72. The molecule has 8 heteroatoms. The summed E-state index contributed by atoms with van der Waals surface area (Å²) in [4.78, 5) is 29.6. The summed E-state index contributed by atoms with van der Waals surface area (Å²) >= 11 is 0. The number of quaternary nitrogens is 1. The van der Waals surface area contributed by atoms with Gasteiger partial charge in [0, 0.05) is 23.7 Å².